The number of alkyl halides is 3. The van der Waals surface area contributed by atoms with Crippen LogP contribution in [0.4, 0.5) is 13.2 Å². The summed E-state index contributed by atoms with van der Waals surface area (Å²) in [7, 11) is 0. The summed E-state index contributed by atoms with van der Waals surface area (Å²) in [5.74, 6) is -1.67. The Balaban J connectivity index is 3.92. The maximum absolute atomic E-state index is 11.9. The van der Waals surface area contributed by atoms with Crippen LogP contribution in [0.1, 0.15) is 19.8 Å². The molecule has 0 radical (unpaired) electrons. The number of rotatable bonds is 4. The van der Waals surface area contributed by atoms with Crippen molar-refractivity contribution in [3.8, 4) is 0 Å². The summed E-state index contributed by atoms with van der Waals surface area (Å²) < 4.78 is 35.6. The van der Waals surface area contributed by atoms with Crippen molar-refractivity contribution < 1.29 is 23.1 Å². The van der Waals surface area contributed by atoms with Gasteiger partial charge in [-0.15, -0.1) is 0 Å². The van der Waals surface area contributed by atoms with E-state index in [9.17, 15) is 18.0 Å². The molecule has 0 spiro atoms. The number of carboxylic acid groups (broad SMARTS) is 1. The lowest BCUT2D eigenvalue weighted by molar-refractivity contribution is -0.153. The van der Waals surface area contributed by atoms with E-state index in [1.165, 1.54) is 6.92 Å². The van der Waals surface area contributed by atoms with Crippen molar-refractivity contribution in [1.29, 1.82) is 0 Å². The smallest absolute Gasteiger partial charge is 0.403 e. The highest BCUT2D eigenvalue weighted by molar-refractivity contribution is 5.66. The standard InChI is InChI=1S/C7H12F3NO2/c1-4(3-6(12)13)2-5(11)7(8,9)10/h4-5H,2-3,11H2,1H3,(H,12,13)/t4-,5-/m0/s1. The molecule has 0 aliphatic carbocycles. The molecule has 0 bridgehead atoms. The number of hydrogen-bond acceptors (Lipinski definition) is 2. The molecule has 3 N–H and O–H groups in total. The fourth-order valence-electron chi connectivity index (χ4n) is 0.949. The van der Waals surface area contributed by atoms with Crippen molar-refractivity contribution in [1.82, 2.24) is 0 Å². The molecule has 0 aliphatic rings. The van der Waals surface area contributed by atoms with E-state index in [-0.39, 0.29) is 12.8 Å². The van der Waals surface area contributed by atoms with Gasteiger partial charge in [0.05, 0.1) is 0 Å². The Kier molecular flexibility index (Phi) is 4.19. The maximum Gasteiger partial charge on any atom is 0.403 e. The molecule has 6 heteroatoms. The Morgan fingerprint density at radius 2 is 2.00 bits per heavy atom. The molecule has 0 aromatic carbocycles. The third-order valence-corrected chi connectivity index (χ3v) is 1.60. The molecule has 0 rings (SSSR count). The zero-order chi connectivity index (χ0) is 10.6. The predicted octanol–water partition coefficient (Wildman–Crippen LogP) is 1.38. The minimum Gasteiger partial charge on any atom is -0.481 e. The van der Waals surface area contributed by atoms with Crippen LogP contribution in [-0.2, 0) is 4.79 Å². The summed E-state index contributed by atoms with van der Waals surface area (Å²) in [5.41, 5.74) is 4.81. The van der Waals surface area contributed by atoms with Crippen LogP contribution in [0.15, 0.2) is 0 Å². The van der Waals surface area contributed by atoms with Gasteiger partial charge in [0.2, 0.25) is 0 Å². The number of aliphatic carboxylic acids is 1. The molecule has 0 aromatic heterocycles. The molecule has 0 aromatic rings. The van der Waals surface area contributed by atoms with Crippen molar-refractivity contribution in [2.45, 2.75) is 32.0 Å². The van der Waals surface area contributed by atoms with Crippen LogP contribution in [0.2, 0.25) is 0 Å². The molecule has 78 valence electrons. The van der Waals surface area contributed by atoms with Crippen molar-refractivity contribution in [3.63, 3.8) is 0 Å². The van der Waals surface area contributed by atoms with Gasteiger partial charge >= 0.3 is 12.1 Å². The van der Waals surface area contributed by atoms with Gasteiger partial charge in [-0.2, -0.15) is 13.2 Å². The van der Waals surface area contributed by atoms with Gasteiger partial charge in [0, 0.05) is 6.42 Å². The van der Waals surface area contributed by atoms with Gasteiger partial charge in [-0.25, -0.2) is 0 Å². The van der Waals surface area contributed by atoms with Crippen LogP contribution >= 0.6 is 0 Å². The van der Waals surface area contributed by atoms with Crippen LogP contribution in [0.3, 0.4) is 0 Å². The first kappa shape index (κ1) is 12.2. The summed E-state index contributed by atoms with van der Waals surface area (Å²) in [6.07, 6.45) is -5.08. The second-order valence-electron chi connectivity index (χ2n) is 3.09. The average Bonchev–Trinajstić information content (AvgIpc) is 1.82. The number of nitrogens with two attached hydrogens (primary N) is 1. The van der Waals surface area contributed by atoms with E-state index in [1.807, 2.05) is 0 Å². The number of carboxylic acids is 1. The second kappa shape index (κ2) is 4.45. The van der Waals surface area contributed by atoms with E-state index in [0.717, 1.165) is 0 Å². The van der Waals surface area contributed by atoms with Gasteiger partial charge in [-0.05, 0) is 12.3 Å². The maximum atomic E-state index is 11.9. The predicted molar refractivity (Wildman–Crippen MR) is 40.1 cm³/mol. The Bertz CT molecular complexity index is 181. The van der Waals surface area contributed by atoms with Gasteiger partial charge in [-0.3, -0.25) is 4.79 Å². The van der Waals surface area contributed by atoms with Crippen LogP contribution in [0.25, 0.3) is 0 Å². The fourth-order valence-corrected chi connectivity index (χ4v) is 0.949. The molecule has 0 heterocycles. The highest BCUT2D eigenvalue weighted by Gasteiger charge is 2.37. The molecule has 0 saturated heterocycles. The second-order valence-corrected chi connectivity index (χ2v) is 3.09. The number of halogens is 3. The largest absolute Gasteiger partial charge is 0.481 e. The van der Waals surface area contributed by atoms with Crippen LogP contribution in [0.5, 0.6) is 0 Å². The lowest BCUT2D eigenvalue weighted by Crippen LogP contribution is -2.38. The number of carbonyl (C=O) groups is 1. The highest BCUT2D eigenvalue weighted by Crippen LogP contribution is 2.24. The first-order valence-corrected chi connectivity index (χ1v) is 3.77. The Labute approximate surface area is 73.7 Å². The molecule has 2 atom stereocenters. The van der Waals surface area contributed by atoms with Crippen LogP contribution < -0.4 is 5.73 Å². The molecular formula is C7H12F3NO2. The van der Waals surface area contributed by atoms with Gasteiger partial charge in [0.1, 0.15) is 6.04 Å². The average molecular weight is 199 g/mol. The molecule has 0 amide bonds. The lowest BCUT2D eigenvalue weighted by Gasteiger charge is -2.18. The van der Waals surface area contributed by atoms with Crippen LogP contribution in [0, 0.1) is 5.92 Å². The van der Waals surface area contributed by atoms with Gasteiger partial charge in [-0.1, -0.05) is 6.92 Å². The molecule has 3 nitrogen and oxygen atoms in total. The van der Waals surface area contributed by atoms with E-state index in [2.05, 4.69) is 0 Å². The first-order chi connectivity index (χ1) is 5.73. The minimum absolute atomic E-state index is 0.288. The summed E-state index contributed by atoms with van der Waals surface area (Å²) in [5, 5.41) is 8.28. The lowest BCUT2D eigenvalue weighted by atomic mass is 9.99. The highest BCUT2D eigenvalue weighted by atomic mass is 19.4. The summed E-state index contributed by atoms with van der Waals surface area (Å²) in [4.78, 5) is 10.1. The van der Waals surface area contributed by atoms with Gasteiger partial charge in [0.15, 0.2) is 0 Å². The zero-order valence-corrected chi connectivity index (χ0v) is 7.14. The quantitative estimate of drug-likeness (QED) is 0.718. The third-order valence-electron chi connectivity index (χ3n) is 1.60. The van der Waals surface area contributed by atoms with Crippen molar-refractivity contribution in [3.05, 3.63) is 0 Å². The first-order valence-electron chi connectivity index (χ1n) is 3.77. The van der Waals surface area contributed by atoms with Gasteiger partial charge < -0.3 is 10.8 Å². The fraction of sp³-hybridized carbons (Fsp3) is 0.857. The van der Waals surface area contributed by atoms with E-state index >= 15 is 0 Å². The van der Waals surface area contributed by atoms with Crippen molar-refractivity contribution in [2.24, 2.45) is 11.7 Å². The number of hydrogen-bond donors (Lipinski definition) is 2. The van der Waals surface area contributed by atoms with E-state index in [0.29, 0.717) is 0 Å². The van der Waals surface area contributed by atoms with Crippen molar-refractivity contribution in [2.75, 3.05) is 0 Å². The topological polar surface area (TPSA) is 63.3 Å². The third kappa shape index (κ3) is 5.46. The molecule has 0 unspecified atom stereocenters. The monoisotopic (exact) mass is 199 g/mol. The summed E-state index contributed by atoms with van der Waals surface area (Å²) >= 11 is 0. The van der Waals surface area contributed by atoms with Crippen molar-refractivity contribution >= 4 is 5.97 Å². The molecule has 0 saturated carbocycles. The molecular weight excluding hydrogens is 187 g/mol. The Hall–Kier alpha value is -0.780. The Morgan fingerprint density at radius 3 is 2.31 bits per heavy atom. The van der Waals surface area contributed by atoms with Crippen LogP contribution in [-0.4, -0.2) is 23.3 Å². The SMILES string of the molecule is C[C@H](CC(=O)O)C[C@H](N)C(F)(F)F. The molecule has 0 fully saturated rings. The molecule has 0 aliphatic heterocycles. The van der Waals surface area contributed by atoms with E-state index in [1.54, 1.807) is 0 Å². The summed E-state index contributed by atoms with van der Waals surface area (Å²) in [6, 6.07) is -1.93. The summed E-state index contributed by atoms with van der Waals surface area (Å²) in [6.45, 7) is 1.43. The zero-order valence-electron chi connectivity index (χ0n) is 7.14. The minimum atomic E-state index is -4.44. The normalized spacial score (nSPS) is 16.7. The van der Waals surface area contributed by atoms with E-state index in [4.69, 9.17) is 10.8 Å². The van der Waals surface area contributed by atoms with Gasteiger partial charge in [0.25, 0.3) is 0 Å². The Morgan fingerprint density at radius 1 is 1.54 bits per heavy atom. The van der Waals surface area contributed by atoms with E-state index < -0.39 is 24.1 Å². The molecule has 13 heavy (non-hydrogen) atoms.